The van der Waals surface area contributed by atoms with E-state index in [4.69, 9.17) is 4.74 Å². The summed E-state index contributed by atoms with van der Waals surface area (Å²) in [5.41, 5.74) is 2.29. The maximum atomic E-state index is 5.88. The van der Waals surface area contributed by atoms with Gasteiger partial charge in [-0.05, 0) is 56.3 Å². The van der Waals surface area contributed by atoms with Crippen molar-refractivity contribution in [3.63, 3.8) is 0 Å². The molecule has 0 radical (unpaired) electrons. The molecule has 19 heavy (non-hydrogen) atoms. The molecule has 0 aromatic rings. The van der Waals surface area contributed by atoms with Gasteiger partial charge >= 0.3 is 0 Å². The van der Waals surface area contributed by atoms with Crippen LogP contribution in [-0.4, -0.2) is 6.61 Å². The molecule has 0 aromatic heterocycles. The van der Waals surface area contributed by atoms with Crippen molar-refractivity contribution in [3.05, 3.63) is 35.6 Å². The third-order valence-electron chi connectivity index (χ3n) is 2.95. The minimum absolute atomic E-state index is 0.553. The number of rotatable bonds is 9. The van der Waals surface area contributed by atoms with E-state index in [1.54, 1.807) is 0 Å². The Morgan fingerprint density at radius 1 is 1.11 bits per heavy atom. The summed E-state index contributed by atoms with van der Waals surface area (Å²) in [6, 6.07) is 0. The predicted octanol–water partition coefficient (Wildman–Crippen LogP) is 5.89. The highest BCUT2D eigenvalue weighted by Gasteiger charge is 2.00. The second-order valence-electron chi connectivity index (χ2n) is 6.24. The Hall–Kier alpha value is -0.980. The number of hydrogen-bond acceptors (Lipinski definition) is 1. The summed E-state index contributed by atoms with van der Waals surface area (Å²) in [7, 11) is 0. The van der Waals surface area contributed by atoms with Gasteiger partial charge in [-0.25, -0.2) is 0 Å². The Morgan fingerprint density at radius 3 is 2.21 bits per heavy atom. The van der Waals surface area contributed by atoms with Crippen molar-refractivity contribution in [3.8, 4) is 0 Å². The number of allylic oxidation sites excluding steroid dienone is 4. The Labute approximate surface area is 120 Å². The van der Waals surface area contributed by atoms with E-state index in [-0.39, 0.29) is 0 Å². The highest BCUT2D eigenvalue weighted by molar-refractivity contribution is 5.30. The summed E-state index contributed by atoms with van der Waals surface area (Å²) >= 11 is 0. The molecule has 0 aromatic carbocycles. The van der Waals surface area contributed by atoms with Crippen LogP contribution in [0.5, 0.6) is 0 Å². The lowest BCUT2D eigenvalue weighted by atomic mass is 10.1. The van der Waals surface area contributed by atoms with E-state index < -0.39 is 0 Å². The zero-order valence-electron chi connectivity index (χ0n) is 13.8. The van der Waals surface area contributed by atoms with Crippen LogP contribution in [0.3, 0.4) is 0 Å². The maximum Gasteiger partial charge on any atom is 0.115 e. The van der Waals surface area contributed by atoms with Crippen molar-refractivity contribution in [2.75, 3.05) is 6.61 Å². The van der Waals surface area contributed by atoms with Gasteiger partial charge in [0.1, 0.15) is 5.76 Å². The van der Waals surface area contributed by atoms with Crippen LogP contribution < -0.4 is 0 Å². The van der Waals surface area contributed by atoms with Gasteiger partial charge in [0.15, 0.2) is 0 Å². The van der Waals surface area contributed by atoms with Crippen LogP contribution in [0.4, 0.5) is 0 Å². The van der Waals surface area contributed by atoms with E-state index >= 15 is 0 Å². The van der Waals surface area contributed by atoms with Crippen LogP contribution in [0.2, 0.25) is 0 Å². The quantitative estimate of drug-likeness (QED) is 0.286. The van der Waals surface area contributed by atoms with Crippen molar-refractivity contribution < 1.29 is 4.74 Å². The fraction of sp³-hybridized carbons (Fsp3) is 0.667. The Kier molecular flexibility index (Phi) is 9.38. The van der Waals surface area contributed by atoms with E-state index in [0.717, 1.165) is 30.3 Å². The third-order valence-corrected chi connectivity index (χ3v) is 2.95. The smallest absolute Gasteiger partial charge is 0.115 e. The third kappa shape index (κ3) is 10.6. The first-order valence-electron chi connectivity index (χ1n) is 7.50. The Bertz CT molecular complexity index is 319. The van der Waals surface area contributed by atoms with Crippen LogP contribution in [0.1, 0.15) is 60.8 Å². The van der Waals surface area contributed by atoms with Crippen molar-refractivity contribution in [2.24, 2.45) is 11.8 Å². The number of unbranched alkanes of at least 4 members (excludes halogenated alkanes) is 1. The van der Waals surface area contributed by atoms with Crippen molar-refractivity contribution in [1.82, 2.24) is 0 Å². The van der Waals surface area contributed by atoms with Crippen LogP contribution in [-0.2, 0) is 4.74 Å². The van der Waals surface area contributed by atoms with E-state index in [9.17, 15) is 0 Å². The average Bonchev–Trinajstić information content (AvgIpc) is 2.30. The molecular weight excluding hydrogens is 232 g/mol. The first kappa shape index (κ1) is 18.0. The van der Waals surface area contributed by atoms with Gasteiger partial charge in [-0.1, -0.05) is 46.3 Å². The molecule has 0 rings (SSSR count). The van der Waals surface area contributed by atoms with Crippen molar-refractivity contribution in [1.29, 1.82) is 0 Å². The normalized spacial score (nSPS) is 13.3. The fourth-order valence-corrected chi connectivity index (χ4v) is 1.53. The van der Waals surface area contributed by atoms with Gasteiger partial charge in [-0.2, -0.15) is 0 Å². The van der Waals surface area contributed by atoms with Gasteiger partial charge < -0.3 is 4.74 Å². The van der Waals surface area contributed by atoms with E-state index in [1.165, 1.54) is 18.4 Å². The minimum atomic E-state index is 0.553. The topological polar surface area (TPSA) is 9.23 Å². The zero-order valence-corrected chi connectivity index (χ0v) is 13.8. The fourth-order valence-electron chi connectivity index (χ4n) is 1.53. The number of hydrogen-bond donors (Lipinski definition) is 0. The van der Waals surface area contributed by atoms with Gasteiger partial charge in [0.05, 0.1) is 6.61 Å². The summed E-state index contributed by atoms with van der Waals surface area (Å²) in [6.45, 7) is 17.7. The van der Waals surface area contributed by atoms with E-state index in [0.29, 0.717) is 5.92 Å². The molecule has 0 N–H and O–H groups in total. The first-order valence-corrected chi connectivity index (χ1v) is 7.50. The van der Waals surface area contributed by atoms with E-state index in [2.05, 4.69) is 53.3 Å². The molecule has 0 fully saturated rings. The average molecular weight is 264 g/mol. The molecule has 0 amide bonds. The molecule has 0 spiro atoms. The highest BCUT2D eigenvalue weighted by atomic mass is 16.5. The zero-order chi connectivity index (χ0) is 14.8. The van der Waals surface area contributed by atoms with Gasteiger partial charge in [0.2, 0.25) is 0 Å². The first-order chi connectivity index (χ1) is 8.82. The summed E-state index contributed by atoms with van der Waals surface area (Å²) in [5, 5.41) is 0. The molecule has 0 aliphatic carbocycles. The molecule has 0 saturated carbocycles. The SMILES string of the molecule is C=C(C)/C(C)=C/C(=C\CCCC(C)C)OCC(C)C. The van der Waals surface area contributed by atoms with E-state index in [1.807, 2.05) is 6.92 Å². The van der Waals surface area contributed by atoms with Crippen LogP contribution in [0.25, 0.3) is 0 Å². The summed E-state index contributed by atoms with van der Waals surface area (Å²) in [6.07, 6.45) is 7.92. The lowest BCUT2D eigenvalue weighted by Gasteiger charge is -2.11. The second kappa shape index (κ2) is 9.89. The standard InChI is InChI=1S/C18H32O/c1-14(2)10-8-9-11-18(19-13-15(3)4)12-17(7)16(5)6/h11-12,14-15H,5,8-10,13H2,1-4,6-7H3/b17-12+,18-11+. The van der Waals surface area contributed by atoms with Crippen LogP contribution >= 0.6 is 0 Å². The molecule has 110 valence electrons. The molecular formula is C18H32O. The predicted molar refractivity (Wildman–Crippen MR) is 86.1 cm³/mol. The molecule has 0 unspecified atom stereocenters. The minimum Gasteiger partial charge on any atom is -0.494 e. The largest absolute Gasteiger partial charge is 0.494 e. The highest BCUT2D eigenvalue weighted by Crippen LogP contribution is 2.14. The molecule has 0 atom stereocenters. The Morgan fingerprint density at radius 2 is 1.74 bits per heavy atom. The van der Waals surface area contributed by atoms with Gasteiger partial charge in [-0.3, -0.25) is 0 Å². The summed E-state index contributed by atoms with van der Waals surface area (Å²) in [4.78, 5) is 0. The van der Waals surface area contributed by atoms with Crippen molar-refractivity contribution in [2.45, 2.75) is 60.8 Å². The monoisotopic (exact) mass is 264 g/mol. The molecule has 0 aliphatic rings. The lowest BCUT2D eigenvalue weighted by molar-refractivity contribution is 0.188. The molecule has 1 nitrogen and oxygen atoms in total. The Balaban J connectivity index is 4.52. The van der Waals surface area contributed by atoms with Crippen LogP contribution in [0, 0.1) is 11.8 Å². The summed E-state index contributed by atoms with van der Waals surface area (Å²) in [5.74, 6) is 2.33. The molecule has 0 aliphatic heterocycles. The molecule has 0 saturated heterocycles. The second-order valence-corrected chi connectivity index (χ2v) is 6.24. The summed E-state index contributed by atoms with van der Waals surface area (Å²) < 4.78 is 5.88. The molecule has 0 heterocycles. The van der Waals surface area contributed by atoms with Gasteiger partial charge in [0.25, 0.3) is 0 Å². The lowest BCUT2D eigenvalue weighted by Crippen LogP contribution is -2.01. The van der Waals surface area contributed by atoms with Crippen LogP contribution in [0.15, 0.2) is 35.6 Å². The van der Waals surface area contributed by atoms with Crippen molar-refractivity contribution >= 4 is 0 Å². The molecule has 1 heteroatoms. The molecule has 0 bridgehead atoms. The van der Waals surface area contributed by atoms with Gasteiger partial charge in [0, 0.05) is 0 Å². The maximum absolute atomic E-state index is 5.88. The number of ether oxygens (including phenoxy) is 1. The van der Waals surface area contributed by atoms with Gasteiger partial charge in [-0.15, -0.1) is 0 Å².